The van der Waals surface area contributed by atoms with Crippen molar-refractivity contribution >= 4 is 23.2 Å². The Hall–Kier alpha value is -2.58. The van der Waals surface area contributed by atoms with Crippen LogP contribution in [0.3, 0.4) is 0 Å². The first-order valence-electron chi connectivity index (χ1n) is 11.9. The number of ether oxygens (including phenoxy) is 3. The molecule has 2 heterocycles. The molecule has 1 aromatic carbocycles. The highest BCUT2D eigenvalue weighted by molar-refractivity contribution is 7.09. The molecule has 1 unspecified atom stereocenters. The van der Waals surface area contributed by atoms with Crippen molar-refractivity contribution in [3.8, 4) is 11.5 Å². The van der Waals surface area contributed by atoms with Crippen LogP contribution in [0.1, 0.15) is 43.0 Å². The number of methoxy groups -OCH3 is 2. The SMILES string of the molecule is CCCC(=O)N(CC(=O)N(CCc1ccc(OC)c(OC)c1)Cc1cccs1)CC1CCCO1. The second-order valence-electron chi connectivity index (χ2n) is 8.49. The molecule has 1 aromatic heterocycles. The number of thiophene rings is 1. The molecule has 2 amide bonds. The van der Waals surface area contributed by atoms with E-state index in [1.54, 1.807) is 30.5 Å². The molecular weight excluding hydrogens is 452 g/mol. The number of rotatable bonds is 13. The first-order chi connectivity index (χ1) is 16.5. The molecule has 186 valence electrons. The van der Waals surface area contributed by atoms with Crippen LogP contribution in [0.4, 0.5) is 0 Å². The topological polar surface area (TPSA) is 68.3 Å². The predicted molar refractivity (Wildman–Crippen MR) is 133 cm³/mol. The summed E-state index contributed by atoms with van der Waals surface area (Å²) in [5.74, 6) is 1.32. The number of hydrogen-bond donors (Lipinski definition) is 0. The minimum Gasteiger partial charge on any atom is -0.493 e. The van der Waals surface area contributed by atoms with Crippen LogP contribution in [-0.4, -0.2) is 68.2 Å². The maximum atomic E-state index is 13.5. The summed E-state index contributed by atoms with van der Waals surface area (Å²) in [7, 11) is 3.23. The zero-order valence-electron chi connectivity index (χ0n) is 20.5. The summed E-state index contributed by atoms with van der Waals surface area (Å²) in [6.07, 6.45) is 3.83. The molecule has 34 heavy (non-hydrogen) atoms. The third-order valence-corrected chi connectivity index (χ3v) is 6.85. The maximum Gasteiger partial charge on any atom is 0.242 e. The van der Waals surface area contributed by atoms with E-state index in [9.17, 15) is 9.59 Å². The molecule has 1 aliphatic heterocycles. The number of nitrogens with zero attached hydrogens (tertiary/aromatic N) is 2. The van der Waals surface area contributed by atoms with Crippen molar-refractivity contribution in [3.63, 3.8) is 0 Å². The summed E-state index contributed by atoms with van der Waals surface area (Å²) in [6, 6.07) is 9.84. The van der Waals surface area contributed by atoms with Crippen LogP contribution in [0.5, 0.6) is 11.5 Å². The summed E-state index contributed by atoms with van der Waals surface area (Å²) in [5.41, 5.74) is 1.06. The van der Waals surface area contributed by atoms with Crippen LogP contribution >= 0.6 is 11.3 Å². The van der Waals surface area contributed by atoms with Crippen molar-refractivity contribution in [2.45, 2.75) is 51.7 Å². The van der Waals surface area contributed by atoms with Crippen molar-refractivity contribution in [1.82, 2.24) is 9.80 Å². The van der Waals surface area contributed by atoms with Gasteiger partial charge in [0.1, 0.15) is 0 Å². The van der Waals surface area contributed by atoms with Crippen molar-refractivity contribution in [2.75, 3.05) is 40.5 Å². The van der Waals surface area contributed by atoms with Crippen LogP contribution in [0.2, 0.25) is 0 Å². The fourth-order valence-electron chi connectivity index (χ4n) is 4.11. The smallest absolute Gasteiger partial charge is 0.242 e. The number of carbonyl (C=O) groups excluding carboxylic acids is 2. The lowest BCUT2D eigenvalue weighted by Crippen LogP contribution is -2.45. The number of carbonyl (C=O) groups is 2. The van der Waals surface area contributed by atoms with Crippen molar-refractivity contribution in [3.05, 3.63) is 46.2 Å². The molecule has 7 nitrogen and oxygen atoms in total. The predicted octanol–water partition coefficient (Wildman–Crippen LogP) is 4.14. The molecule has 1 fully saturated rings. The van der Waals surface area contributed by atoms with Gasteiger partial charge in [0.05, 0.1) is 33.4 Å². The molecule has 0 bridgehead atoms. The van der Waals surface area contributed by atoms with Crippen LogP contribution in [-0.2, 0) is 27.3 Å². The fourth-order valence-corrected chi connectivity index (χ4v) is 4.83. The second-order valence-corrected chi connectivity index (χ2v) is 9.53. The Morgan fingerprint density at radius 1 is 1.12 bits per heavy atom. The Labute approximate surface area is 206 Å². The lowest BCUT2D eigenvalue weighted by molar-refractivity contribution is -0.142. The molecular formula is C26H36N2O5S. The summed E-state index contributed by atoms with van der Waals surface area (Å²) in [6.45, 7) is 4.34. The van der Waals surface area contributed by atoms with E-state index >= 15 is 0 Å². The minimum atomic E-state index is -0.0451. The molecule has 1 atom stereocenters. The monoisotopic (exact) mass is 488 g/mol. The zero-order chi connectivity index (χ0) is 24.3. The van der Waals surface area contributed by atoms with Gasteiger partial charge in [-0.25, -0.2) is 0 Å². The third kappa shape index (κ3) is 7.46. The molecule has 0 spiro atoms. The van der Waals surface area contributed by atoms with Gasteiger partial charge in [-0.2, -0.15) is 0 Å². The number of amides is 2. The summed E-state index contributed by atoms with van der Waals surface area (Å²) >= 11 is 1.63. The molecule has 0 N–H and O–H groups in total. The molecule has 1 saturated heterocycles. The van der Waals surface area contributed by atoms with Crippen LogP contribution in [0, 0.1) is 0 Å². The van der Waals surface area contributed by atoms with E-state index in [2.05, 4.69) is 0 Å². The lowest BCUT2D eigenvalue weighted by atomic mass is 10.1. The average molecular weight is 489 g/mol. The van der Waals surface area contributed by atoms with Gasteiger partial charge in [0.25, 0.3) is 0 Å². The van der Waals surface area contributed by atoms with Gasteiger partial charge in [0.15, 0.2) is 11.5 Å². The Balaban J connectivity index is 1.71. The summed E-state index contributed by atoms with van der Waals surface area (Å²) in [4.78, 5) is 30.9. The zero-order valence-corrected chi connectivity index (χ0v) is 21.3. The highest BCUT2D eigenvalue weighted by atomic mass is 32.1. The van der Waals surface area contributed by atoms with E-state index in [1.165, 1.54) is 0 Å². The summed E-state index contributed by atoms with van der Waals surface area (Å²) < 4.78 is 16.5. The molecule has 3 rings (SSSR count). The maximum absolute atomic E-state index is 13.5. The van der Waals surface area contributed by atoms with Gasteiger partial charge in [-0.3, -0.25) is 9.59 Å². The molecule has 0 radical (unpaired) electrons. The van der Waals surface area contributed by atoms with E-state index in [4.69, 9.17) is 14.2 Å². The van der Waals surface area contributed by atoms with Gasteiger partial charge >= 0.3 is 0 Å². The van der Waals surface area contributed by atoms with Crippen molar-refractivity contribution < 1.29 is 23.8 Å². The van der Waals surface area contributed by atoms with E-state index in [-0.39, 0.29) is 24.5 Å². The van der Waals surface area contributed by atoms with E-state index in [0.29, 0.717) is 44.0 Å². The molecule has 0 aliphatic carbocycles. The van der Waals surface area contributed by atoms with E-state index in [0.717, 1.165) is 36.3 Å². The van der Waals surface area contributed by atoms with E-state index < -0.39 is 0 Å². The second kappa shape index (κ2) is 13.3. The highest BCUT2D eigenvalue weighted by Crippen LogP contribution is 2.28. The lowest BCUT2D eigenvalue weighted by Gasteiger charge is -2.29. The standard InChI is InChI=1S/C26H36N2O5S/c1-4-7-25(29)28(17-21-8-5-14-33-21)19-26(30)27(18-22-9-6-15-34-22)13-12-20-10-11-23(31-2)24(16-20)32-3/h6,9-11,15-16,21H,4-5,7-8,12-14,17-19H2,1-3H3. The number of hydrogen-bond acceptors (Lipinski definition) is 6. The molecule has 8 heteroatoms. The van der Waals surface area contributed by atoms with E-state index in [1.807, 2.05) is 47.5 Å². The fraction of sp³-hybridized carbons (Fsp3) is 0.538. The highest BCUT2D eigenvalue weighted by Gasteiger charge is 2.26. The van der Waals surface area contributed by atoms with Crippen LogP contribution in [0.25, 0.3) is 0 Å². The Morgan fingerprint density at radius 2 is 1.94 bits per heavy atom. The van der Waals surface area contributed by atoms with Gasteiger partial charge in [0.2, 0.25) is 11.8 Å². The molecule has 1 aliphatic rings. The van der Waals surface area contributed by atoms with Gasteiger partial charge in [-0.05, 0) is 54.8 Å². The first-order valence-corrected chi connectivity index (χ1v) is 12.8. The molecule has 0 saturated carbocycles. The average Bonchev–Trinajstić information content (AvgIpc) is 3.55. The van der Waals surface area contributed by atoms with Crippen LogP contribution in [0.15, 0.2) is 35.7 Å². The van der Waals surface area contributed by atoms with Gasteiger partial charge in [-0.1, -0.05) is 19.1 Å². The third-order valence-electron chi connectivity index (χ3n) is 5.99. The van der Waals surface area contributed by atoms with Crippen molar-refractivity contribution in [1.29, 1.82) is 0 Å². The first kappa shape index (κ1) is 26.0. The van der Waals surface area contributed by atoms with Gasteiger partial charge < -0.3 is 24.0 Å². The Morgan fingerprint density at radius 3 is 2.59 bits per heavy atom. The quantitative estimate of drug-likeness (QED) is 0.424. The van der Waals surface area contributed by atoms with Crippen molar-refractivity contribution in [2.24, 2.45) is 0 Å². The van der Waals surface area contributed by atoms with Gasteiger partial charge in [-0.15, -0.1) is 11.3 Å². The molecule has 2 aromatic rings. The van der Waals surface area contributed by atoms with Crippen LogP contribution < -0.4 is 9.47 Å². The minimum absolute atomic E-state index is 0.0160. The normalized spacial score (nSPS) is 15.2. The number of benzene rings is 1. The largest absolute Gasteiger partial charge is 0.493 e. The van der Waals surface area contributed by atoms with Gasteiger partial charge in [0, 0.05) is 31.0 Å². The Bertz CT molecular complexity index is 912. The Kier molecular flexibility index (Phi) is 10.2. The summed E-state index contributed by atoms with van der Waals surface area (Å²) in [5, 5.41) is 2.01.